The Morgan fingerprint density at radius 3 is 2.81 bits per heavy atom. The number of fused-ring (bicyclic) bond motifs is 1. The molecule has 0 fully saturated rings. The maximum absolute atomic E-state index is 11.2. The van der Waals surface area contributed by atoms with Crippen LogP contribution in [-0.4, -0.2) is 26.9 Å². The van der Waals surface area contributed by atoms with E-state index in [9.17, 15) is 14.9 Å². The molecule has 1 heterocycles. The first-order valence-corrected chi connectivity index (χ1v) is 8.28. The van der Waals surface area contributed by atoms with Gasteiger partial charge in [0.25, 0.3) is 5.69 Å². The van der Waals surface area contributed by atoms with Crippen LogP contribution in [0.2, 0.25) is 0 Å². The number of carbonyl (C=O) groups excluding carboxylic acids is 1. The zero-order chi connectivity index (χ0) is 18.5. The van der Waals surface area contributed by atoms with Crippen molar-refractivity contribution in [3.8, 4) is 0 Å². The third-order valence-corrected chi connectivity index (χ3v) is 4.15. The van der Waals surface area contributed by atoms with E-state index in [1.54, 1.807) is 0 Å². The molecule has 134 valence electrons. The average molecular weight is 353 g/mol. The van der Waals surface area contributed by atoms with Crippen LogP contribution in [0, 0.1) is 10.1 Å². The number of nitrogens with zero attached hydrogens (tertiary/aromatic N) is 3. The van der Waals surface area contributed by atoms with Gasteiger partial charge in [-0.1, -0.05) is 12.1 Å². The molecule has 1 aromatic heterocycles. The van der Waals surface area contributed by atoms with Crippen LogP contribution < -0.4 is 11.1 Å². The molecule has 0 saturated carbocycles. The molecular weight excluding hydrogens is 334 g/mol. The minimum absolute atomic E-state index is 0.120. The standard InChI is InChI=1S/C18H19N5O3/c19-18(24)13-7-8-15(17(11-13)23(25)26)20-9-3-4-10-22-12-21-14-5-1-2-6-16(14)22/h1-2,5-8,11-12,20H,3-4,9-10H2,(H2,19,24). The number of hydrogen-bond acceptors (Lipinski definition) is 5. The lowest BCUT2D eigenvalue weighted by Crippen LogP contribution is -2.12. The summed E-state index contributed by atoms with van der Waals surface area (Å²) in [5.41, 5.74) is 7.58. The number of aryl methyl sites for hydroxylation is 1. The summed E-state index contributed by atoms with van der Waals surface area (Å²) in [5.74, 6) is -0.688. The second-order valence-corrected chi connectivity index (χ2v) is 5.91. The van der Waals surface area contributed by atoms with Crippen LogP contribution in [0.25, 0.3) is 11.0 Å². The van der Waals surface area contributed by atoms with Gasteiger partial charge in [-0.2, -0.15) is 0 Å². The van der Waals surface area contributed by atoms with Gasteiger partial charge in [0, 0.05) is 24.7 Å². The molecule has 3 rings (SSSR count). The molecule has 3 aromatic rings. The summed E-state index contributed by atoms with van der Waals surface area (Å²) in [4.78, 5) is 26.2. The monoisotopic (exact) mass is 353 g/mol. The lowest BCUT2D eigenvalue weighted by molar-refractivity contribution is -0.384. The zero-order valence-electron chi connectivity index (χ0n) is 14.1. The molecule has 0 spiro atoms. The summed E-state index contributed by atoms with van der Waals surface area (Å²) in [7, 11) is 0. The summed E-state index contributed by atoms with van der Waals surface area (Å²) < 4.78 is 2.10. The number of imidazole rings is 1. The van der Waals surface area contributed by atoms with Crippen molar-refractivity contribution in [1.82, 2.24) is 9.55 Å². The molecule has 3 N–H and O–H groups in total. The lowest BCUT2D eigenvalue weighted by Gasteiger charge is -2.08. The summed E-state index contributed by atoms with van der Waals surface area (Å²) in [6.45, 7) is 1.41. The van der Waals surface area contributed by atoms with E-state index < -0.39 is 10.8 Å². The summed E-state index contributed by atoms with van der Waals surface area (Å²) in [6.07, 6.45) is 3.56. The number of amides is 1. The van der Waals surface area contributed by atoms with Crippen molar-refractivity contribution in [3.05, 3.63) is 64.5 Å². The fraction of sp³-hybridized carbons (Fsp3) is 0.222. The predicted molar refractivity (Wildman–Crippen MR) is 99.1 cm³/mol. The number of unbranched alkanes of at least 4 members (excludes halogenated alkanes) is 1. The minimum Gasteiger partial charge on any atom is -0.379 e. The van der Waals surface area contributed by atoms with Gasteiger partial charge in [0.2, 0.25) is 5.91 Å². The van der Waals surface area contributed by atoms with Gasteiger partial charge in [-0.3, -0.25) is 14.9 Å². The number of carbonyl (C=O) groups is 1. The number of nitro groups is 1. The number of aromatic nitrogens is 2. The number of hydrogen-bond donors (Lipinski definition) is 2. The van der Waals surface area contributed by atoms with E-state index >= 15 is 0 Å². The Morgan fingerprint density at radius 2 is 2.04 bits per heavy atom. The van der Waals surface area contributed by atoms with Crippen LogP contribution in [-0.2, 0) is 6.54 Å². The number of para-hydroxylation sites is 2. The summed E-state index contributed by atoms with van der Waals surface area (Å²) in [5, 5.41) is 14.2. The van der Waals surface area contributed by atoms with Crippen molar-refractivity contribution in [2.45, 2.75) is 19.4 Å². The highest BCUT2D eigenvalue weighted by Crippen LogP contribution is 2.25. The second kappa shape index (κ2) is 7.64. The lowest BCUT2D eigenvalue weighted by atomic mass is 10.1. The first-order valence-electron chi connectivity index (χ1n) is 8.28. The Balaban J connectivity index is 1.55. The third-order valence-electron chi connectivity index (χ3n) is 4.15. The third kappa shape index (κ3) is 3.80. The molecule has 0 bridgehead atoms. The number of benzene rings is 2. The van der Waals surface area contributed by atoms with Crippen LogP contribution in [0.1, 0.15) is 23.2 Å². The van der Waals surface area contributed by atoms with Crippen LogP contribution >= 0.6 is 0 Å². The Bertz CT molecular complexity index is 951. The zero-order valence-corrected chi connectivity index (χ0v) is 14.1. The molecule has 0 aliphatic heterocycles. The fourth-order valence-electron chi connectivity index (χ4n) is 2.80. The second-order valence-electron chi connectivity index (χ2n) is 5.91. The topological polar surface area (TPSA) is 116 Å². The van der Waals surface area contributed by atoms with Gasteiger partial charge >= 0.3 is 0 Å². The minimum atomic E-state index is -0.688. The quantitative estimate of drug-likeness (QED) is 0.367. The van der Waals surface area contributed by atoms with Crippen molar-refractivity contribution in [3.63, 3.8) is 0 Å². The van der Waals surface area contributed by atoms with E-state index in [-0.39, 0.29) is 11.3 Å². The van der Waals surface area contributed by atoms with E-state index in [4.69, 9.17) is 5.73 Å². The summed E-state index contributed by atoms with van der Waals surface area (Å²) >= 11 is 0. The number of nitrogens with two attached hydrogens (primary N) is 1. The average Bonchev–Trinajstić information content (AvgIpc) is 3.04. The van der Waals surface area contributed by atoms with Gasteiger partial charge in [0.15, 0.2) is 0 Å². The Labute approximate surface area is 149 Å². The van der Waals surface area contributed by atoms with E-state index in [0.717, 1.165) is 30.4 Å². The predicted octanol–water partition coefficient (Wildman–Crippen LogP) is 2.94. The van der Waals surface area contributed by atoms with Crippen molar-refractivity contribution in [2.75, 3.05) is 11.9 Å². The van der Waals surface area contributed by atoms with Crippen molar-refractivity contribution in [2.24, 2.45) is 5.73 Å². The van der Waals surface area contributed by atoms with Crippen LogP contribution in [0.5, 0.6) is 0 Å². The maximum Gasteiger partial charge on any atom is 0.293 e. The van der Waals surface area contributed by atoms with Gasteiger partial charge in [-0.15, -0.1) is 0 Å². The molecule has 2 aromatic carbocycles. The number of nitrogens with one attached hydrogen (secondary N) is 1. The first kappa shape index (κ1) is 17.4. The number of anilines is 1. The highest BCUT2D eigenvalue weighted by Gasteiger charge is 2.16. The number of primary amides is 1. The Kier molecular flexibility index (Phi) is 5.12. The Hall–Kier alpha value is -3.42. The van der Waals surface area contributed by atoms with Crippen molar-refractivity contribution < 1.29 is 9.72 Å². The van der Waals surface area contributed by atoms with Crippen LogP contribution in [0.3, 0.4) is 0 Å². The molecule has 0 unspecified atom stereocenters. The molecule has 8 nitrogen and oxygen atoms in total. The molecule has 0 radical (unpaired) electrons. The van der Waals surface area contributed by atoms with Gasteiger partial charge in [0.1, 0.15) is 5.69 Å². The van der Waals surface area contributed by atoms with Crippen LogP contribution in [0.4, 0.5) is 11.4 Å². The fourth-order valence-corrected chi connectivity index (χ4v) is 2.80. The van der Waals surface area contributed by atoms with Gasteiger partial charge in [-0.25, -0.2) is 4.98 Å². The van der Waals surface area contributed by atoms with Crippen LogP contribution in [0.15, 0.2) is 48.8 Å². The molecular formula is C18H19N5O3. The highest BCUT2D eigenvalue weighted by atomic mass is 16.6. The Morgan fingerprint density at radius 1 is 1.23 bits per heavy atom. The SMILES string of the molecule is NC(=O)c1ccc(NCCCCn2cnc3ccccc32)c([N+](=O)[O-])c1. The normalized spacial score (nSPS) is 10.8. The molecule has 0 saturated heterocycles. The van der Waals surface area contributed by atoms with E-state index in [2.05, 4.69) is 14.9 Å². The van der Waals surface area contributed by atoms with E-state index in [1.165, 1.54) is 18.2 Å². The number of rotatable bonds is 8. The summed E-state index contributed by atoms with van der Waals surface area (Å²) in [6, 6.07) is 12.1. The maximum atomic E-state index is 11.2. The largest absolute Gasteiger partial charge is 0.379 e. The van der Waals surface area contributed by atoms with Crippen molar-refractivity contribution in [1.29, 1.82) is 0 Å². The van der Waals surface area contributed by atoms with Crippen molar-refractivity contribution >= 4 is 28.3 Å². The van der Waals surface area contributed by atoms with Gasteiger partial charge in [0.05, 0.1) is 22.3 Å². The van der Waals surface area contributed by atoms with Gasteiger partial charge < -0.3 is 15.6 Å². The molecule has 0 aliphatic rings. The van der Waals surface area contributed by atoms with Gasteiger partial charge in [-0.05, 0) is 37.1 Å². The molecule has 26 heavy (non-hydrogen) atoms. The number of nitro benzene ring substituents is 1. The van der Waals surface area contributed by atoms with E-state index in [0.29, 0.717) is 12.2 Å². The smallest absolute Gasteiger partial charge is 0.293 e. The molecule has 8 heteroatoms. The first-order chi connectivity index (χ1) is 12.6. The highest BCUT2D eigenvalue weighted by molar-refractivity contribution is 5.94. The molecule has 0 atom stereocenters. The molecule has 1 amide bonds. The van der Waals surface area contributed by atoms with E-state index in [1.807, 2.05) is 30.6 Å². The molecule has 0 aliphatic carbocycles.